The van der Waals surface area contributed by atoms with E-state index in [-0.39, 0.29) is 36.8 Å². The molecule has 0 heterocycles. The minimum absolute atomic E-state index is 0.128. The maximum absolute atomic E-state index is 14.8. The number of Topliss-reactive ketones (excluding diaryl/α,β-unsaturated/α-hetero) is 1. The third-order valence-electron chi connectivity index (χ3n) is 11.2. The Morgan fingerprint density at radius 1 is 0.977 bits per heavy atom. The number of hydrogen-bond donors (Lipinski definition) is 3. The Balaban J connectivity index is 2.01. The van der Waals surface area contributed by atoms with Gasteiger partial charge in [-0.05, 0) is 64.5 Å². The second kappa shape index (κ2) is 13.6. The normalized spacial score (nSPS) is 34.2. The monoisotopic (exact) mass is 616 g/mol. The number of carbonyl (C=O) groups excluding carboxylic acids is 3. The van der Waals surface area contributed by atoms with Crippen LogP contribution < -0.4 is 0 Å². The molecule has 1 spiro atoms. The van der Waals surface area contributed by atoms with E-state index >= 15 is 0 Å². The summed E-state index contributed by atoms with van der Waals surface area (Å²) < 4.78 is 11.9. The van der Waals surface area contributed by atoms with Gasteiger partial charge >= 0.3 is 11.9 Å². The molecule has 0 aromatic carbocycles. The Kier molecular flexibility index (Phi) is 11.2. The summed E-state index contributed by atoms with van der Waals surface area (Å²) in [6, 6.07) is 0. The first-order chi connectivity index (χ1) is 20.4. The van der Waals surface area contributed by atoms with Crippen molar-refractivity contribution in [1.29, 1.82) is 0 Å². The van der Waals surface area contributed by atoms with Crippen LogP contribution in [0.4, 0.5) is 0 Å². The topological polar surface area (TPSA) is 130 Å². The lowest BCUT2D eigenvalue weighted by Crippen LogP contribution is -2.65. The molecule has 5 unspecified atom stereocenters. The van der Waals surface area contributed by atoms with Crippen LogP contribution in [0.1, 0.15) is 120 Å². The summed E-state index contributed by atoms with van der Waals surface area (Å²) >= 11 is 0. The number of aliphatic hydroxyl groups excluding tert-OH is 2. The van der Waals surface area contributed by atoms with Gasteiger partial charge in [0.1, 0.15) is 30.0 Å². The van der Waals surface area contributed by atoms with Gasteiger partial charge in [-0.1, -0.05) is 83.9 Å². The zero-order valence-electron chi connectivity index (χ0n) is 28.4. The highest BCUT2D eigenvalue weighted by Crippen LogP contribution is 2.63. The second-order valence-corrected chi connectivity index (χ2v) is 14.6. The number of esters is 2. The largest absolute Gasteiger partial charge is 0.459 e. The van der Waals surface area contributed by atoms with Gasteiger partial charge in [0, 0.05) is 23.3 Å². The van der Waals surface area contributed by atoms with Crippen LogP contribution in [0.5, 0.6) is 0 Å². The first-order valence-corrected chi connectivity index (χ1v) is 16.5. The Labute approximate surface area is 264 Å². The average molecular weight is 617 g/mol. The van der Waals surface area contributed by atoms with Crippen molar-refractivity contribution in [1.82, 2.24) is 0 Å². The fourth-order valence-electron chi connectivity index (χ4n) is 7.64. The summed E-state index contributed by atoms with van der Waals surface area (Å²) in [7, 11) is 0. The Hall–Kier alpha value is -2.29. The highest BCUT2D eigenvalue weighted by Gasteiger charge is 2.73. The minimum atomic E-state index is -2.31. The molecule has 248 valence electrons. The number of carbonyl (C=O) groups is 3. The third-order valence-corrected chi connectivity index (χ3v) is 11.2. The molecule has 0 aromatic rings. The summed E-state index contributed by atoms with van der Waals surface area (Å²) in [4.78, 5) is 40.8. The molecule has 8 nitrogen and oxygen atoms in total. The van der Waals surface area contributed by atoms with E-state index in [4.69, 9.17) is 9.47 Å². The number of unbranched alkanes of at least 4 members (excludes halogenated alkanes) is 6. The van der Waals surface area contributed by atoms with Crippen molar-refractivity contribution in [2.45, 2.75) is 144 Å². The van der Waals surface area contributed by atoms with Crippen molar-refractivity contribution in [3.63, 3.8) is 0 Å². The molecule has 0 amide bonds. The summed E-state index contributed by atoms with van der Waals surface area (Å²) in [5.41, 5.74) is -4.38. The molecular weight excluding hydrogens is 560 g/mol. The van der Waals surface area contributed by atoms with Crippen LogP contribution in [0, 0.1) is 22.7 Å². The van der Waals surface area contributed by atoms with Gasteiger partial charge in [-0.15, -0.1) is 0 Å². The first kappa shape index (κ1) is 36.2. The fourth-order valence-corrected chi connectivity index (χ4v) is 7.64. The van der Waals surface area contributed by atoms with E-state index in [0.29, 0.717) is 11.1 Å². The molecule has 3 aliphatic carbocycles. The number of fused-ring (bicyclic) bond motifs is 1. The molecule has 44 heavy (non-hydrogen) atoms. The van der Waals surface area contributed by atoms with E-state index in [2.05, 4.69) is 6.92 Å². The maximum atomic E-state index is 14.8. The van der Waals surface area contributed by atoms with Gasteiger partial charge in [0.25, 0.3) is 0 Å². The van der Waals surface area contributed by atoms with Gasteiger partial charge in [-0.25, -0.2) is 4.79 Å². The number of ketones is 1. The molecule has 8 heteroatoms. The van der Waals surface area contributed by atoms with Crippen molar-refractivity contribution < 1.29 is 39.2 Å². The van der Waals surface area contributed by atoms with Crippen molar-refractivity contribution in [3.8, 4) is 0 Å². The van der Waals surface area contributed by atoms with Gasteiger partial charge in [0.2, 0.25) is 0 Å². The van der Waals surface area contributed by atoms with Crippen LogP contribution in [0.25, 0.3) is 0 Å². The zero-order chi connectivity index (χ0) is 33.3. The number of rotatable bonds is 12. The van der Waals surface area contributed by atoms with Gasteiger partial charge in [0.05, 0.1) is 5.41 Å². The fraction of sp³-hybridized carbons (Fsp3) is 0.750. The molecule has 3 aliphatic rings. The summed E-state index contributed by atoms with van der Waals surface area (Å²) in [6.45, 7) is 16.0. The standard InChI is InChI=1S/C36H56O8/c1-10-11-12-13-14-15-16-17-28(37)44-34(9)20-24(5)35-19-23(4)29(38)36(35,42)30(39)26(18-27(31(35)40)33(34,7)8)21-43-32(41)25(6)22(2)3/h18-19,24,27,29-30,38-39,42H,10-17,20-21H2,1-9H3/t24-,27?,29?,30?,34-,35?,36?/m1/s1. The number of aliphatic hydroxyl groups is 3. The Morgan fingerprint density at radius 3 is 2.16 bits per heavy atom. The molecule has 7 atom stereocenters. The van der Waals surface area contributed by atoms with E-state index in [0.717, 1.165) is 31.3 Å². The summed E-state index contributed by atoms with van der Waals surface area (Å²) in [5.74, 6) is -2.82. The lowest BCUT2D eigenvalue weighted by Gasteiger charge is -2.48. The van der Waals surface area contributed by atoms with Gasteiger partial charge in [-0.2, -0.15) is 0 Å². The van der Waals surface area contributed by atoms with Crippen LogP contribution in [-0.4, -0.2) is 63.1 Å². The van der Waals surface area contributed by atoms with Gasteiger partial charge in [0.15, 0.2) is 5.78 Å². The molecule has 3 N–H and O–H groups in total. The molecule has 0 saturated heterocycles. The molecule has 3 rings (SSSR count). The SMILES string of the molecule is CCCCCCCCCC(=O)O[C@]1(C)C[C@@H](C)C23C=C(C)C(O)C2(O)C(O)C(COC(=O)C(C)=C(C)C)=CC(C3=O)C1(C)C. The lowest BCUT2D eigenvalue weighted by atomic mass is 9.59. The van der Waals surface area contributed by atoms with E-state index in [9.17, 15) is 29.7 Å². The third kappa shape index (κ3) is 6.11. The highest BCUT2D eigenvalue weighted by molar-refractivity contribution is 5.95. The van der Waals surface area contributed by atoms with E-state index < -0.39 is 52.0 Å². The minimum Gasteiger partial charge on any atom is -0.459 e. The zero-order valence-corrected chi connectivity index (χ0v) is 28.4. The smallest absolute Gasteiger partial charge is 0.333 e. The molecule has 0 aromatic heterocycles. The quantitative estimate of drug-likeness (QED) is 0.107. The van der Waals surface area contributed by atoms with Gasteiger partial charge < -0.3 is 24.8 Å². The number of ether oxygens (including phenoxy) is 2. The van der Waals surface area contributed by atoms with E-state index in [1.807, 2.05) is 27.7 Å². The van der Waals surface area contributed by atoms with Crippen LogP contribution in [0.2, 0.25) is 0 Å². The van der Waals surface area contributed by atoms with Crippen molar-refractivity contribution in [2.75, 3.05) is 6.61 Å². The predicted molar refractivity (Wildman–Crippen MR) is 169 cm³/mol. The Morgan fingerprint density at radius 2 is 1.57 bits per heavy atom. The van der Waals surface area contributed by atoms with E-state index in [1.54, 1.807) is 39.8 Å². The predicted octanol–water partition coefficient (Wildman–Crippen LogP) is 5.92. The molecule has 0 radical (unpaired) electrons. The van der Waals surface area contributed by atoms with Crippen molar-refractivity contribution in [3.05, 3.63) is 34.4 Å². The van der Waals surface area contributed by atoms with Crippen LogP contribution in [-0.2, 0) is 23.9 Å². The van der Waals surface area contributed by atoms with Gasteiger partial charge in [-0.3, -0.25) is 9.59 Å². The second-order valence-electron chi connectivity index (χ2n) is 14.6. The van der Waals surface area contributed by atoms with Crippen LogP contribution in [0.15, 0.2) is 34.4 Å². The molecule has 0 aliphatic heterocycles. The molecule has 1 saturated carbocycles. The summed E-state index contributed by atoms with van der Waals surface area (Å²) in [6.07, 6.45) is 7.99. The van der Waals surface area contributed by atoms with Crippen molar-refractivity contribution >= 4 is 17.7 Å². The van der Waals surface area contributed by atoms with Crippen molar-refractivity contribution in [2.24, 2.45) is 22.7 Å². The van der Waals surface area contributed by atoms with Crippen LogP contribution in [0.3, 0.4) is 0 Å². The molecular formula is C36H56O8. The number of hydrogen-bond acceptors (Lipinski definition) is 8. The molecule has 1 fully saturated rings. The maximum Gasteiger partial charge on any atom is 0.333 e. The Bertz CT molecular complexity index is 1210. The lowest BCUT2D eigenvalue weighted by molar-refractivity contribution is -0.192. The average Bonchev–Trinajstić information content (AvgIpc) is 3.10. The molecule has 2 bridgehead atoms. The number of allylic oxidation sites excluding steroid dienone is 2. The highest BCUT2D eigenvalue weighted by atomic mass is 16.6. The summed E-state index contributed by atoms with van der Waals surface area (Å²) in [5, 5.41) is 35.5. The first-order valence-electron chi connectivity index (χ1n) is 16.5. The van der Waals surface area contributed by atoms with Crippen LogP contribution >= 0.6 is 0 Å². The van der Waals surface area contributed by atoms with E-state index in [1.165, 1.54) is 19.3 Å².